The first kappa shape index (κ1) is 22.0. The van der Waals surface area contributed by atoms with Crippen LogP contribution in [0.4, 0.5) is 5.69 Å². The summed E-state index contributed by atoms with van der Waals surface area (Å²) in [5.41, 5.74) is 2.68. The molecule has 0 spiro atoms. The molecule has 154 valence electrons. The van der Waals surface area contributed by atoms with Crippen molar-refractivity contribution in [1.29, 1.82) is 0 Å². The van der Waals surface area contributed by atoms with Gasteiger partial charge in [-0.15, -0.1) is 0 Å². The van der Waals surface area contributed by atoms with Gasteiger partial charge in [0.1, 0.15) is 0 Å². The van der Waals surface area contributed by atoms with E-state index in [0.29, 0.717) is 16.3 Å². The van der Waals surface area contributed by atoms with Crippen LogP contribution in [0, 0.1) is 0 Å². The molecular weight excluding hydrogens is 468 g/mol. The van der Waals surface area contributed by atoms with Crippen LogP contribution in [0.2, 0.25) is 5.02 Å². The van der Waals surface area contributed by atoms with Gasteiger partial charge in [-0.25, -0.2) is 0 Å². The first-order chi connectivity index (χ1) is 14.5. The van der Waals surface area contributed by atoms with Crippen molar-refractivity contribution in [2.75, 3.05) is 19.0 Å². The summed E-state index contributed by atoms with van der Waals surface area (Å²) in [6.07, 6.45) is 0. The van der Waals surface area contributed by atoms with Gasteiger partial charge in [0.25, 0.3) is 5.91 Å². The van der Waals surface area contributed by atoms with Gasteiger partial charge in [0.2, 0.25) is 0 Å². The van der Waals surface area contributed by atoms with E-state index >= 15 is 0 Å². The predicted octanol–water partition coefficient (Wildman–Crippen LogP) is 5.21. The second kappa shape index (κ2) is 10.4. The lowest BCUT2D eigenvalue weighted by atomic mass is 9.96. The molecule has 3 aromatic rings. The van der Waals surface area contributed by atoms with E-state index in [1.165, 1.54) is 7.11 Å². The molecule has 0 fully saturated rings. The number of hydrogen-bond acceptors (Lipinski definition) is 4. The standard InChI is InChI=1S/C23H20BrClN2O3/c1-30-21(28)14-26-22(17-9-5-6-10-19(17)25)18-13-16(24)11-12-20(18)27-23(29)15-7-3-2-4-8-15/h2-13,22,26H,14H2,1H3,(H,27,29). The zero-order chi connectivity index (χ0) is 21.5. The third kappa shape index (κ3) is 5.48. The first-order valence-corrected chi connectivity index (χ1v) is 10.4. The van der Waals surface area contributed by atoms with Crippen LogP contribution in [0.3, 0.4) is 0 Å². The average Bonchev–Trinajstić information content (AvgIpc) is 2.77. The highest BCUT2D eigenvalue weighted by atomic mass is 79.9. The highest BCUT2D eigenvalue weighted by Crippen LogP contribution is 2.34. The third-order valence-electron chi connectivity index (χ3n) is 4.50. The van der Waals surface area contributed by atoms with Gasteiger partial charge in [-0.05, 0) is 47.5 Å². The number of methoxy groups -OCH3 is 1. The molecule has 0 aliphatic heterocycles. The monoisotopic (exact) mass is 486 g/mol. The van der Waals surface area contributed by atoms with Gasteiger partial charge < -0.3 is 10.1 Å². The Labute approximate surface area is 188 Å². The van der Waals surface area contributed by atoms with Crippen LogP contribution < -0.4 is 10.6 Å². The Morgan fingerprint density at radius 2 is 1.70 bits per heavy atom. The molecule has 1 atom stereocenters. The SMILES string of the molecule is COC(=O)CNC(c1ccccc1Cl)c1cc(Br)ccc1NC(=O)c1ccccc1. The number of carbonyl (C=O) groups excluding carboxylic acids is 2. The molecule has 0 aromatic heterocycles. The molecule has 1 unspecified atom stereocenters. The summed E-state index contributed by atoms with van der Waals surface area (Å²) in [6.45, 7) is -0.0228. The number of esters is 1. The van der Waals surface area contributed by atoms with Crippen molar-refractivity contribution in [3.05, 3.63) is 99.0 Å². The van der Waals surface area contributed by atoms with Crippen molar-refractivity contribution in [2.45, 2.75) is 6.04 Å². The Hall–Kier alpha value is -2.67. The maximum absolute atomic E-state index is 12.7. The molecule has 0 radical (unpaired) electrons. The summed E-state index contributed by atoms with van der Waals surface area (Å²) in [7, 11) is 1.33. The molecule has 0 saturated carbocycles. The van der Waals surface area contributed by atoms with Gasteiger partial charge in [-0.1, -0.05) is 63.9 Å². The molecule has 5 nitrogen and oxygen atoms in total. The number of hydrogen-bond donors (Lipinski definition) is 2. The molecule has 3 rings (SSSR count). The van der Waals surface area contributed by atoms with E-state index in [9.17, 15) is 9.59 Å². The van der Waals surface area contributed by atoms with E-state index in [1.807, 2.05) is 54.6 Å². The normalized spacial score (nSPS) is 11.6. The van der Waals surface area contributed by atoms with Crippen molar-refractivity contribution >= 4 is 45.1 Å². The molecule has 0 aliphatic rings. The van der Waals surface area contributed by atoms with Crippen LogP contribution in [-0.2, 0) is 9.53 Å². The van der Waals surface area contributed by atoms with Gasteiger partial charge >= 0.3 is 5.97 Å². The Morgan fingerprint density at radius 1 is 1.00 bits per heavy atom. The minimum atomic E-state index is -0.457. The molecule has 0 saturated heterocycles. The lowest BCUT2D eigenvalue weighted by Gasteiger charge is -2.23. The average molecular weight is 488 g/mol. The van der Waals surface area contributed by atoms with E-state index in [2.05, 4.69) is 26.6 Å². The quantitative estimate of drug-likeness (QED) is 0.449. The maximum Gasteiger partial charge on any atom is 0.319 e. The van der Waals surface area contributed by atoms with Crippen molar-refractivity contribution in [3.8, 4) is 0 Å². The molecule has 2 N–H and O–H groups in total. The number of halogens is 2. The van der Waals surface area contributed by atoms with Gasteiger partial charge in [0.05, 0.1) is 19.7 Å². The lowest BCUT2D eigenvalue weighted by Crippen LogP contribution is -2.30. The third-order valence-corrected chi connectivity index (χ3v) is 5.34. The largest absolute Gasteiger partial charge is 0.468 e. The first-order valence-electron chi connectivity index (χ1n) is 9.20. The van der Waals surface area contributed by atoms with Crippen LogP contribution in [0.15, 0.2) is 77.3 Å². The summed E-state index contributed by atoms with van der Waals surface area (Å²) >= 11 is 9.95. The number of benzene rings is 3. The highest BCUT2D eigenvalue weighted by Gasteiger charge is 2.22. The van der Waals surface area contributed by atoms with Gasteiger partial charge in [0.15, 0.2) is 0 Å². The fourth-order valence-corrected chi connectivity index (χ4v) is 3.65. The molecular formula is C23H20BrClN2O3. The number of carbonyl (C=O) groups is 2. The Balaban J connectivity index is 2.01. The molecule has 0 bridgehead atoms. The van der Waals surface area contributed by atoms with Gasteiger partial charge in [-0.2, -0.15) is 0 Å². The van der Waals surface area contributed by atoms with Crippen LogP contribution in [0.5, 0.6) is 0 Å². The molecule has 0 heterocycles. The van der Waals surface area contributed by atoms with E-state index in [1.54, 1.807) is 18.2 Å². The van der Waals surface area contributed by atoms with Crippen molar-refractivity contribution in [2.24, 2.45) is 0 Å². The smallest absolute Gasteiger partial charge is 0.319 e. The molecule has 1 amide bonds. The fraction of sp³-hybridized carbons (Fsp3) is 0.130. The molecule has 7 heteroatoms. The van der Waals surface area contributed by atoms with E-state index < -0.39 is 12.0 Å². The van der Waals surface area contributed by atoms with E-state index in [0.717, 1.165) is 15.6 Å². The van der Waals surface area contributed by atoms with Crippen molar-refractivity contribution in [3.63, 3.8) is 0 Å². The van der Waals surface area contributed by atoms with Gasteiger partial charge in [-0.3, -0.25) is 14.9 Å². The Morgan fingerprint density at radius 3 is 2.40 bits per heavy atom. The summed E-state index contributed by atoms with van der Waals surface area (Å²) < 4.78 is 5.59. The summed E-state index contributed by atoms with van der Waals surface area (Å²) in [5.74, 6) is -0.637. The number of rotatable bonds is 7. The topological polar surface area (TPSA) is 67.4 Å². The second-order valence-corrected chi connectivity index (χ2v) is 7.79. The highest BCUT2D eigenvalue weighted by molar-refractivity contribution is 9.10. The molecule has 3 aromatic carbocycles. The number of amides is 1. The number of nitrogens with one attached hydrogen (secondary N) is 2. The Bertz CT molecular complexity index is 1040. The summed E-state index contributed by atoms with van der Waals surface area (Å²) in [4.78, 5) is 24.5. The molecule has 0 aliphatic carbocycles. The summed E-state index contributed by atoms with van der Waals surface area (Å²) in [5, 5.41) is 6.70. The number of anilines is 1. The zero-order valence-corrected chi connectivity index (χ0v) is 18.5. The van der Waals surface area contributed by atoms with Crippen molar-refractivity contribution in [1.82, 2.24) is 5.32 Å². The second-order valence-electron chi connectivity index (χ2n) is 6.46. The van der Waals surface area contributed by atoms with E-state index in [4.69, 9.17) is 16.3 Å². The van der Waals surface area contributed by atoms with Crippen LogP contribution >= 0.6 is 27.5 Å². The zero-order valence-electron chi connectivity index (χ0n) is 16.2. The fourth-order valence-electron chi connectivity index (χ4n) is 3.02. The lowest BCUT2D eigenvalue weighted by molar-refractivity contribution is -0.139. The maximum atomic E-state index is 12.7. The minimum Gasteiger partial charge on any atom is -0.468 e. The number of ether oxygens (including phenoxy) is 1. The minimum absolute atomic E-state index is 0.0228. The van der Waals surface area contributed by atoms with E-state index in [-0.39, 0.29) is 12.5 Å². The predicted molar refractivity (Wildman–Crippen MR) is 122 cm³/mol. The van der Waals surface area contributed by atoms with Crippen molar-refractivity contribution < 1.29 is 14.3 Å². The summed E-state index contributed by atoms with van der Waals surface area (Å²) in [6, 6.07) is 21.4. The van der Waals surface area contributed by atoms with Gasteiger partial charge in [0, 0.05) is 20.7 Å². The molecule has 30 heavy (non-hydrogen) atoms. The van der Waals surface area contributed by atoms with Crippen LogP contribution in [0.1, 0.15) is 27.5 Å². The Kier molecular flexibility index (Phi) is 7.63. The van der Waals surface area contributed by atoms with Crippen LogP contribution in [-0.4, -0.2) is 25.5 Å². The van der Waals surface area contributed by atoms with Crippen LogP contribution in [0.25, 0.3) is 0 Å².